The summed E-state index contributed by atoms with van der Waals surface area (Å²) in [5.41, 5.74) is 0.682. The zero-order valence-electron chi connectivity index (χ0n) is 15.0. The van der Waals surface area contributed by atoms with E-state index in [1.54, 1.807) is 11.0 Å². The second-order valence-electron chi connectivity index (χ2n) is 6.42. The fraction of sp³-hybridized carbons (Fsp3) is 0.250. The van der Waals surface area contributed by atoms with Crippen LogP contribution >= 0.6 is 11.8 Å². The maximum absolute atomic E-state index is 13.0. The van der Waals surface area contributed by atoms with Gasteiger partial charge in [-0.1, -0.05) is 18.2 Å². The van der Waals surface area contributed by atoms with Crippen LogP contribution in [0.25, 0.3) is 0 Å². The number of thioether (sulfide) groups is 1. The number of carbonyl (C=O) groups is 1. The van der Waals surface area contributed by atoms with Crippen molar-refractivity contribution in [3.8, 4) is 11.5 Å². The molecule has 0 saturated carbocycles. The number of amides is 1. The lowest BCUT2D eigenvalue weighted by Gasteiger charge is -2.27. The van der Waals surface area contributed by atoms with Gasteiger partial charge in [0.15, 0.2) is 21.3 Å². The van der Waals surface area contributed by atoms with Gasteiger partial charge < -0.3 is 14.4 Å². The SMILES string of the molecule is O=C(CSc1ccc2c(c1)OCCO2)N(c1ccccc1)[C@@H]1C=CS(=O)(=O)C1. The van der Waals surface area contributed by atoms with Crippen molar-refractivity contribution < 1.29 is 22.7 Å². The molecule has 0 N–H and O–H groups in total. The Morgan fingerprint density at radius 1 is 1.07 bits per heavy atom. The Morgan fingerprint density at radius 2 is 1.82 bits per heavy atom. The Morgan fingerprint density at radius 3 is 2.54 bits per heavy atom. The molecule has 0 unspecified atom stereocenters. The largest absolute Gasteiger partial charge is 0.486 e. The Hall–Kier alpha value is -2.45. The molecular weight excluding hydrogens is 398 g/mol. The fourth-order valence-electron chi connectivity index (χ4n) is 3.16. The van der Waals surface area contributed by atoms with E-state index in [4.69, 9.17) is 9.47 Å². The first kappa shape index (κ1) is 18.9. The monoisotopic (exact) mass is 417 g/mol. The van der Waals surface area contributed by atoms with Crippen molar-refractivity contribution in [1.29, 1.82) is 0 Å². The Balaban J connectivity index is 1.51. The lowest BCUT2D eigenvalue weighted by Crippen LogP contribution is -2.42. The summed E-state index contributed by atoms with van der Waals surface area (Å²) in [7, 11) is -3.27. The Labute approximate surface area is 168 Å². The maximum atomic E-state index is 13.0. The van der Waals surface area contributed by atoms with E-state index in [0.717, 1.165) is 4.90 Å². The molecule has 8 heteroatoms. The van der Waals surface area contributed by atoms with Gasteiger partial charge in [-0.2, -0.15) is 0 Å². The third kappa shape index (κ3) is 4.18. The molecule has 0 spiro atoms. The number of hydrogen-bond donors (Lipinski definition) is 0. The van der Waals surface area contributed by atoms with Crippen molar-refractivity contribution in [1.82, 2.24) is 0 Å². The van der Waals surface area contributed by atoms with Gasteiger partial charge in [-0.05, 0) is 36.4 Å². The molecule has 0 radical (unpaired) electrons. The number of anilines is 1. The lowest BCUT2D eigenvalue weighted by atomic mass is 10.2. The molecule has 2 aromatic carbocycles. The van der Waals surface area contributed by atoms with Crippen molar-refractivity contribution in [3.63, 3.8) is 0 Å². The average Bonchev–Trinajstić information content (AvgIpc) is 3.06. The highest BCUT2D eigenvalue weighted by molar-refractivity contribution is 8.00. The number of fused-ring (bicyclic) bond motifs is 1. The Bertz CT molecular complexity index is 1000. The summed E-state index contributed by atoms with van der Waals surface area (Å²) >= 11 is 1.38. The first-order valence-electron chi connectivity index (χ1n) is 8.82. The van der Waals surface area contributed by atoms with E-state index in [1.807, 2.05) is 48.5 Å². The fourth-order valence-corrected chi connectivity index (χ4v) is 5.21. The molecule has 2 aromatic rings. The first-order valence-corrected chi connectivity index (χ1v) is 11.5. The number of ether oxygens (including phenoxy) is 2. The summed E-state index contributed by atoms with van der Waals surface area (Å²) in [5, 5.41) is 1.19. The molecule has 0 saturated heterocycles. The number of hydrogen-bond acceptors (Lipinski definition) is 6. The standard InChI is InChI=1S/C20H19NO5S2/c22-20(13-27-17-6-7-18-19(12-17)26-10-9-25-18)21(15-4-2-1-3-5-15)16-8-11-28(23,24)14-16/h1-8,11-12,16H,9-10,13-14H2/t16-/m1/s1. The van der Waals surface area contributed by atoms with Gasteiger partial charge in [-0.15, -0.1) is 11.8 Å². The highest BCUT2D eigenvalue weighted by Crippen LogP contribution is 2.34. The number of carbonyl (C=O) groups excluding carboxylic acids is 1. The van der Waals surface area contributed by atoms with Crippen LogP contribution in [0.4, 0.5) is 5.69 Å². The molecular formula is C20H19NO5S2. The number of nitrogens with zero attached hydrogens (tertiary/aromatic N) is 1. The van der Waals surface area contributed by atoms with Gasteiger partial charge in [0, 0.05) is 16.0 Å². The molecule has 0 aromatic heterocycles. The summed E-state index contributed by atoms with van der Waals surface area (Å²) in [6, 6.07) is 14.2. The van der Waals surface area contributed by atoms with Gasteiger partial charge >= 0.3 is 0 Å². The minimum Gasteiger partial charge on any atom is -0.486 e. The zero-order valence-corrected chi connectivity index (χ0v) is 16.6. The van der Waals surface area contributed by atoms with Gasteiger partial charge in [0.25, 0.3) is 0 Å². The van der Waals surface area contributed by atoms with Crippen molar-refractivity contribution in [2.45, 2.75) is 10.9 Å². The van der Waals surface area contributed by atoms with E-state index in [1.165, 1.54) is 17.2 Å². The van der Waals surface area contributed by atoms with E-state index < -0.39 is 15.9 Å². The summed E-state index contributed by atoms with van der Waals surface area (Å²) in [4.78, 5) is 15.5. The highest BCUT2D eigenvalue weighted by atomic mass is 32.2. The van der Waals surface area contributed by atoms with Gasteiger partial charge in [0.05, 0.1) is 17.5 Å². The minimum absolute atomic E-state index is 0.0949. The van der Waals surface area contributed by atoms with Crippen molar-refractivity contribution in [3.05, 3.63) is 60.0 Å². The molecule has 1 amide bonds. The molecule has 1 atom stereocenters. The van der Waals surface area contributed by atoms with E-state index in [2.05, 4.69) is 0 Å². The molecule has 28 heavy (non-hydrogen) atoms. The number of sulfone groups is 1. The number of rotatable bonds is 5. The van der Waals surface area contributed by atoms with Gasteiger partial charge in [0.1, 0.15) is 13.2 Å². The molecule has 0 bridgehead atoms. The zero-order chi connectivity index (χ0) is 19.6. The molecule has 4 rings (SSSR count). The molecule has 6 nitrogen and oxygen atoms in total. The topological polar surface area (TPSA) is 72.9 Å². The smallest absolute Gasteiger partial charge is 0.237 e. The van der Waals surface area contributed by atoms with Crippen LogP contribution in [0.2, 0.25) is 0 Å². The number of benzene rings is 2. The summed E-state index contributed by atoms with van der Waals surface area (Å²) in [5.74, 6) is 1.31. The quantitative estimate of drug-likeness (QED) is 0.697. The van der Waals surface area contributed by atoms with E-state index in [0.29, 0.717) is 30.4 Å². The normalized spacial score (nSPS) is 19.4. The van der Waals surface area contributed by atoms with Gasteiger partial charge in [0.2, 0.25) is 5.91 Å². The van der Waals surface area contributed by atoms with Crippen LogP contribution in [0.3, 0.4) is 0 Å². The third-order valence-electron chi connectivity index (χ3n) is 4.42. The van der Waals surface area contributed by atoms with Crippen LogP contribution in [-0.4, -0.2) is 45.1 Å². The molecule has 2 heterocycles. The van der Waals surface area contributed by atoms with Crippen LogP contribution < -0.4 is 14.4 Å². The van der Waals surface area contributed by atoms with Gasteiger partial charge in [-0.3, -0.25) is 4.79 Å². The van der Waals surface area contributed by atoms with Crippen molar-refractivity contribution in [2.75, 3.05) is 29.6 Å². The lowest BCUT2D eigenvalue weighted by molar-refractivity contribution is -0.116. The Kier molecular flexibility index (Phi) is 5.32. The minimum atomic E-state index is -3.27. The second kappa shape index (κ2) is 7.89. The van der Waals surface area contributed by atoms with Crippen LogP contribution in [0.15, 0.2) is 64.9 Å². The van der Waals surface area contributed by atoms with E-state index in [-0.39, 0.29) is 17.4 Å². The van der Waals surface area contributed by atoms with Crippen LogP contribution in [0.5, 0.6) is 11.5 Å². The predicted molar refractivity (Wildman–Crippen MR) is 109 cm³/mol. The van der Waals surface area contributed by atoms with Crippen molar-refractivity contribution >= 4 is 33.2 Å². The third-order valence-corrected chi connectivity index (χ3v) is 6.78. The van der Waals surface area contributed by atoms with Crippen LogP contribution in [0, 0.1) is 0 Å². The van der Waals surface area contributed by atoms with Crippen LogP contribution in [0.1, 0.15) is 0 Å². The van der Waals surface area contributed by atoms with Crippen molar-refractivity contribution in [2.24, 2.45) is 0 Å². The summed E-state index contributed by atoms with van der Waals surface area (Å²) in [6.07, 6.45) is 1.58. The summed E-state index contributed by atoms with van der Waals surface area (Å²) in [6.45, 7) is 1.03. The van der Waals surface area contributed by atoms with Crippen LogP contribution in [-0.2, 0) is 14.6 Å². The first-order chi connectivity index (χ1) is 13.5. The molecule has 0 aliphatic carbocycles. The molecule has 0 fully saturated rings. The predicted octanol–water partition coefficient (Wildman–Crippen LogP) is 2.89. The van der Waals surface area contributed by atoms with E-state index in [9.17, 15) is 13.2 Å². The summed E-state index contributed by atoms with van der Waals surface area (Å²) < 4.78 is 34.8. The van der Waals surface area contributed by atoms with E-state index >= 15 is 0 Å². The molecule has 2 aliphatic rings. The van der Waals surface area contributed by atoms with Gasteiger partial charge in [-0.25, -0.2) is 8.42 Å². The average molecular weight is 418 g/mol. The second-order valence-corrected chi connectivity index (χ2v) is 9.40. The number of para-hydroxylation sites is 1. The highest BCUT2D eigenvalue weighted by Gasteiger charge is 2.31. The maximum Gasteiger partial charge on any atom is 0.237 e. The molecule has 2 aliphatic heterocycles. The molecule has 146 valence electrons.